The molecule has 1 aromatic rings. The van der Waals surface area contributed by atoms with Crippen LogP contribution in [0.25, 0.3) is 0 Å². The van der Waals surface area contributed by atoms with Crippen LogP contribution in [0.4, 0.5) is 0 Å². The van der Waals surface area contributed by atoms with Gasteiger partial charge in [-0.25, -0.2) is 18.1 Å². The minimum atomic E-state index is -3.13. The molecule has 0 radical (unpaired) electrons. The summed E-state index contributed by atoms with van der Waals surface area (Å²) in [5, 5.41) is 8.24. The standard InChI is InChI=1S/C12H22N4O2S2/c1-3-13-12(15-10-11-6-5-9-19-11)14-7-8-16-20(17,18)4-2/h5-6,9,16H,3-4,7-8,10H2,1-2H3,(H2,13,14,15). The lowest BCUT2D eigenvalue weighted by Crippen LogP contribution is -2.41. The van der Waals surface area contributed by atoms with Crippen molar-refractivity contribution in [3.8, 4) is 0 Å². The summed E-state index contributed by atoms with van der Waals surface area (Å²) in [6.07, 6.45) is 0. The summed E-state index contributed by atoms with van der Waals surface area (Å²) in [6.45, 7) is 5.82. The first-order valence-corrected chi connectivity index (χ1v) is 9.12. The lowest BCUT2D eigenvalue weighted by molar-refractivity contribution is 0.582. The van der Waals surface area contributed by atoms with Crippen molar-refractivity contribution in [3.05, 3.63) is 22.4 Å². The number of rotatable bonds is 8. The number of nitrogens with one attached hydrogen (secondary N) is 3. The molecule has 0 fully saturated rings. The van der Waals surface area contributed by atoms with Crippen LogP contribution in [0, 0.1) is 0 Å². The predicted octanol–water partition coefficient (Wildman–Crippen LogP) is 0.743. The molecule has 0 spiro atoms. The van der Waals surface area contributed by atoms with E-state index in [9.17, 15) is 8.42 Å². The summed E-state index contributed by atoms with van der Waals surface area (Å²) in [6, 6.07) is 4.03. The van der Waals surface area contributed by atoms with Gasteiger partial charge >= 0.3 is 0 Å². The summed E-state index contributed by atoms with van der Waals surface area (Å²) in [4.78, 5) is 5.63. The molecule has 114 valence electrons. The molecule has 1 aromatic heterocycles. The van der Waals surface area contributed by atoms with Gasteiger partial charge in [0.05, 0.1) is 12.3 Å². The number of hydrogen-bond donors (Lipinski definition) is 3. The molecule has 0 amide bonds. The van der Waals surface area contributed by atoms with E-state index in [2.05, 4.69) is 20.3 Å². The maximum Gasteiger partial charge on any atom is 0.211 e. The van der Waals surface area contributed by atoms with Crippen LogP contribution >= 0.6 is 11.3 Å². The Morgan fingerprint density at radius 3 is 2.70 bits per heavy atom. The minimum Gasteiger partial charge on any atom is -0.357 e. The third kappa shape index (κ3) is 6.88. The number of guanidine groups is 1. The smallest absolute Gasteiger partial charge is 0.211 e. The van der Waals surface area contributed by atoms with Crippen LogP contribution in [0.2, 0.25) is 0 Å². The highest BCUT2D eigenvalue weighted by Gasteiger charge is 2.04. The number of hydrogen-bond acceptors (Lipinski definition) is 4. The van der Waals surface area contributed by atoms with Gasteiger partial charge in [-0.1, -0.05) is 6.07 Å². The topological polar surface area (TPSA) is 82.6 Å². The zero-order valence-electron chi connectivity index (χ0n) is 11.8. The van der Waals surface area contributed by atoms with Crippen LogP contribution in [-0.4, -0.2) is 39.8 Å². The Balaban J connectivity index is 2.37. The van der Waals surface area contributed by atoms with Crippen LogP contribution in [-0.2, 0) is 16.6 Å². The van der Waals surface area contributed by atoms with Gasteiger partial charge in [-0.15, -0.1) is 11.3 Å². The molecule has 0 aliphatic carbocycles. The molecule has 0 saturated heterocycles. The van der Waals surface area contributed by atoms with Crippen molar-refractivity contribution in [2.24, 2.45) is 4.99 Å². The number of thiophene rings is 1. The van der Waals surface area contributed by atoms with Crippen molar-refractivity contribution < 1.29 is 8.42 Å². The Bertz CT molecular complexity index is 498. The molecule has 0 unspecified atom stereocenters. The molecular weight excluding hydrogens is 296 g/mol. The van der Waals surface area contributed by atoms with Crippen molar-refractivity contribution in [2.75, 3.05) is 25.4 Å². The molecule has 0 bridgehead atoms. The molecular formula is C12H22N4O2S2. The Morgan fingerprint density at radius 2 is 2.10 bits per heavy atom. The molecule has 0 saturated carbocycles. The Labute approximate surface area is 124 Å². The van der Waals surface area contributed by atoms with Gasteiger partial charge in [-0.3, -0.25) is 0 Å². The van der Waals surface area contributed by atoms with E-state index in [0.29, 0.717) is 25.6 Å². The Hall–Kier alpha value is -1.12. The van der Waals surface area contributed by atoms with Gasteiger partial charge in [-0.05, 0) is 25.3 Å². The lowest BCUT2D eigenvalue weighted by Gasteiger charge is -2.11. The van der Waals surface area contributed by atoms with E-state index in [0.717, 1.165) is 6.54 Å². The summed E-state index contributed by atoms with van der Waals surface area (Å²) >= 11 is 1.66. The van der Waals surface area contributed by atoms with Crippen LogP contribution in [0.1, 0.15) is 18.7 Å². The van der Waals surface area contributed by atoms with Crippen LogP contribution in [0.3, 0.4) is 0 Å². The van der Waals surface area contributed by atoms with E-state index in [4.69, 9.17) is 0 Å². The van der Waals surface area contributed by atoms with Crippen LogP contribution in [0.5, 0.6) is 0 Å². The zero-order valence-corrected chi connectivity index (χ0v) is 13.5. The van der Waals surface area contributed by atoms with E-state index in [1.165, 1.54) is 4.88 Å². The summed E-state index contributed by atoms with van der Waals surface area (Å²) in [7, 11) is -3.13. The summed E-state index contributed by atoms with van der Waals surface area (Å²) in [5.41, 5.74) is 0. The van der Waals surface area contributed by atoms with Gasteiger partial charge in [0.2, 0.25) is 10.0 Å². The molecule has 6 nitrogen and oxygen atoms in total. The van der Waals surface area contributed by atoms with Crippen LogP contribution in [0.15, 0.2) is 22.5 Å². The monoisotopic (exact) mass is 318 g/mol. The fourth-order valence-corrected chi connectivity index (χ4v) is 2.64. The normalized spacial score (nSPS) is 12.4. The van der Waals surface area contributed by atoms with Gasteiger partial charge in [0.15, 0.2) is 5.96 Å². The fourth-order valence-electron chi connectivity index (χ4n) is 1.39. The Kier molecular flexibility index (Phi) is 7.56. The zero-order chi connectivity index (χ0) is 14.8. The molecule has 8 heteroatoms. The largest absolute Gasteiger partial charge is 0.357 e. The van der Waals surface area contributed by atoms with Gasteiger partial charge in [0.1, 0.15) is 0 Å². The first kappa shape index (κ1) is 16.9. The van der Waals surface area contributed by atoms with E-state index < -0.39 is 10.0 Å². The average molecular weight is 318 g/mol. The molecule has 20 heavy (non-hydrogen) atoms. The van der Waals surface area contributed by atoms with Crippen molar-refractivity contribution in [1.82, 2.24) is 15.4 Å². The minimum absolute atomic E-state index is 0.0968. The third-order valence-corrected chi connectivity index (χ3v) is 4.70. The van der Waals surface area contributed by atoms with Crippen molar-refractivity contribution in [1.29, 1.82) is 0 Å². The molecule has 1 heterocycles. The highest BCUT2D eigenvalue weighted by atomic mass is 32.2. The maximum absolute atomic E-state index is 11.3. The Morgan fingerprint density at radius 1 is 1.30 bits per heavy atom. The maximum atomic E-state index is 11.3. The van der Waals surface area contributed by atoms with E-state index in [1.54, 1.807) is 18.3 Å². The lowest BCUT2D eigenvalue weighted by atomic mass is 10.5. The highest BCUT2D eigenvalue weighted by molar-refractivity contribution is 7.89. The first-order valence-electron chi connectivity index (χ1n) is 6.59. The fraction of sp³-hybridized carbons (Fsp3) is 0.583. The molecule has 3 N–H and O–H groups in total. The molecule has 0 atom stereocenters. The number of aliphatic imine (C=N–C) groups is 1. The van der Waals surface area contributed by atoms with Crippen molar-refractivity contribution in [2.45, 2.75) is 20.4 Å². The average Bonchev–Trinajstić information content (AvgIpc) is 2.94. The second-order valence-electron chi connectivity index (χ2n) is 4.00. The van der Waals surface area contributed by atoms with Crippen LogP contribution < -0.4 is 15.4 Å². The molecule has 1 rings (SSSR count). The van der Waals surface area contributed by atoms with E-state index in [1.807, 2.05) is 24.4 Å². The van der Waals surface area contributed by atoms with Gasteiger partial charge in [0.25, 0.3) is 0 Å². The van der Waals surface area contributed by atoms with Gasteiger partial charge in [-0.2, -0.15) is 0 Å². The second-order valence-corrected chi connectivity index (χ2v) is 7.13. The summed E-state index contributed by atoms with van der Waals surface area (Å²) < 4.78 is 25.0. The SMILES string of the molecule is CCNC(=NCc1cccs1)NCCNS(=O)(=O)CC. The second kappa shape index (κ2) is 8.93. The third-order valence-electron chi connectivity index (χ3n) is 2.44. The molecule has 0 aliphatic heterocycles. The van der Waals surface area contributed by atoms with E-state index in [-0.39, 0.29) is 5.75 Å². The quantitative estimate of drug-likeness (QED) is 0.375. The number of sulfonamides is 1. The van der Waals surface area contributed by atoms with Crippen molar-refractivity contribution >= 4 is 27.3 Å². The molecule has 0 aromatic carbocycles. The first-order chi connectivity index (χ1) is 9.57. The summed E-state index contributed by atoms with van der Waals surface area (Å²) in [5.74, 6) is 0.788. The van der Waals surface area contributed by atoms with Gasteiger partial charge < -0.3 is 10.6 Å². The van der Waals surface area contributed by atoms with Gasteiger partial charge in [0, 0.05) is 24.5 Å². The number of nitrogens with zero attached hydrogens (tertiary/aromatic N) is 1. The molecule has 0 aliphatic rings. The predicted molar refractivity (Wildman–Crippen MR) is 84.6 cm³/mol. The van der Waals surface area contributed by atoms with Crippen molar-refractivity contribution in [3.63, 3.8) is 0 Å². The van der Waals surface area contributed by atoms with E-state index >= 15 is 0 Å². The highest BCUT2D eigenvalue weighted by Crippen LogP contribution is 2.09.